The minimum atomic E-state index is -0.0103. The van der Waals surface area contributed by atoms with Crippen LogP contribution in [0.2, 0.25) is 0 Å². The number of amides is 1. The molecule has 0 aliphatic heterocycles. The number of allylic oxidation sites excluding steroid dienone is 1. The molecular formula is C24H30N8OS. The van der Waals surface area contributed by atoms with Gasteiger partial charge in [-0.1, -0.05) is 13.0 Å². The molecule has 0 saturated heterocycles. The van der Waals surface area contributed by atoms with Crippen molar-refractivity contribution in [2.24, 2.45) is 7.05 Å². The van der Waals surface area contributed by atoms with Gasteiger partial charge in [-0.05, 0) is 37.6 Å². The predicted octanol–water partition coefficient (Wildman–Crippen LogP) is 3.96. The molecule has 178 valence electrons. The Labute approximate surface area is 203 Å². The Hall–Kier alpha value is -3.50. The monoisotopic (exact) mass is 478 g/mol. The Morgan fingerprint density at radius 1 is 1.26 bits per heavy atom. The maximum absolute atomic E-state index is 12.5. The summed E-state index contributed by atoms with van der Waals surface area (Å²) >= 11 is 1.42. The Kier molecular flexibility index (Phi) is 6.80. The van der Waals surface area contributed by atoms with Crippen molar-refractivity contribution in [1.29, 1.82) is 0 Å². The molecule has 4 aromatic heterocycles. The molecule has 0 atom stereocenters. The first-order valence-corrected chi connectivity index (χ1v) is 12.0. The summed E-state index contributed by atoms with van der Waals surface area (Å²) in [5, 5.41) is 12.0. The molecule has 4 heterocycles. The van der Waals surface area contributed by atoms with E-state index >= 15 is 0 Å². The number of nitrogens with one attached hydrogen (secondary N) is 2. The summed E-state index contributed by atoms with van der Waals surface area (Å²) in [6.45, 7) is 7.62. The second-order valence-corrected chi connectivity index (χ2v) is 9.31. The average Bonchev–Trinajstić information content (AvgIpc) is 3.52. The molecule has 10 heteroatoms. The first-order valence-electron chi connectivity index (χ1n) is 11.1. The highest BCUT2D eigenvalue weighted by Crippen LogP contribution is 2.32. The number of nitrogens with zero attached hydrogens (tertiary/aromatic N) is 6. The lowest BCUT2D eigenvalue weighted by Crippen LogP contribution is -2.21. The fourth-order valence-electron chi connectivity index (χ4n) is 3.67. The number of anilines is 2. The van der Waals surface area contributed by atoms with Crippen LogP contribution in [-0.2, 0) is 7.05 Å². The van der Waals surface area contributed by atoms with Crippen LogP contribution in [0.25, 0.3) is 22.5 Å². The van der Waals surface area contributed by atoms with Crippen molar-refractivity contribution in [3.05, 3.63) is 53.1 Å². The molecule has 34 heavy (non-hydrogen) atoms. The molecule has 0 unspecified atom stereocenters. The fraction of sp³-hybridized carbons (Fsp3) is 0.333. The van der Waals surface area contributed by atoms with Gasteiger partial charge >= 0.3 is 0 Å². The Morgan fingerprint density at radius 3 is 2.71 bits per heavy atom. The largest absolute Gasteiger partial charge is 0.344 e. The van der Waals surface area contributed by atoms with Crippen LogP contribution in [0.15, 0.2) is 36.9 Å². The number of fused-ring (bicyclic) bond motifs is 1. The van der Waals surface area contributed by atoms with Crippen LogP contribution in [0.4, 0.5) is 10.8 Å². The Bertz CT molecular complexity index is 1360. The Balaban J connectivity index is 1.83. The van der Waals surface area contributed by atoms with Crippen LogP contribution in [-0.4, -0.2) is 62.1 Å². The standard InChI is InChI=1S/C24H30N8OS/c1-7-16(10-25-8-2)18-14-32-19(17-11-27-31(6)13-17)12-26-23(32)22(28-18)29-20-9-15(3)21(34-20)24(33)30(4)5/h7,9,11-14,25H,8,10H2,1-6H3,(H,28,29)/b16-7+. The van der Waals surface area contributed by atoms with Gasteiger partial charge in [0.1, 0.15) is 0 Å². The van der Waals surface area contributed by atoms with E-state index in [1.807, 2.05) is 56.1 Å². The van der Waals surface area contributed by atoms with E-state index in [1.165, 1.54) is 11.3 Å². The maximum Gasteiger partial charge on any atom is 0.263 e. The number of carbonyl (C=O) groups is 1. The fourth-order valence-corrected chi connectivity index (χ4v) is 4.76. The Morgan fingerprint density at radius 2 is 2.06 bits per heavy atom. The third-order valence-electron chi connectivity index (χ3n) is 5.50. The molecule has 0 saturated carbocycles. The molecule has 4 aromatic rings. The summed E-state index contributed by atoms with van der Waals surface area (Å²) < 4.78 is 3.82. The van der Waals surface area contributed by atoms with Gasteiger partial charge in [0.15, 0.2) is 11.5 Å². The molecule has 0 radical (unpaired) electrons. The van der Waals surface area contributed by atoms with Gasteiger partial charge in [0.2, 0.25) is 0 Å². The molecule has 1 amide bonds. The van der Waals surface area contributed by atoms with E-state index in [9.17, 15) is 4.79 Å². The van der Waals surface area contributed by atoms with Crippen molar-refractivity contribution in [3.8, 4) is 11.3 Å². The minimum absolute atomic E-state index is 0.0103. The quantitative estimate of drug-likeness (QED) is 0.398. The van der Waals surface area contributed by atoms with Gasteiger partial charge < -0.3 is 15.5 Å². The number of hydrogen-bond donors (Lipinski definition) is 2. The lowest BCUT2D eigenvalue weighted by atomic mass is 10.2. The van der Waals surface area contributed by atoms with Gasteiger partial charge in [0, 0.05) is 45.6 Å². The number of hydrogen-bond acceptors (Lipinski definition) is 7. The number of aromatic nitrogens is 5. The molecule has 2 N–H and O–H groups in total. The van der Waals surface area contributed by atoms with Crippen molar-refractivity contribution in [2.45, 2.75) is 20.8 Å². The van der Waals surface area contributed by atoms with Crippen LogP contribution in [0.3, 0.4) is 0 Å². The molecule has 0 aliphatic rings. The van der Waals surface area contributed by atoms with Crippen LogP contribution in [0, 0.1) is 6.92 Å². The first kappa shape index (κ1) is 23.7. The van der Waals surface area contributed by atoms with E-state index in [2.05, 4.69) is 33.7 Å². The highest BCUT2D eigenvalue weighted by Gasteiger charge is 2.19. The number of rotatable bonds is 8. The SMILES string of the molecule is C/C=C(\CNCC)c1cn2c(-c3cnn(C)c3)cnc2c(Nc2cc(C)c(C(=O)N(C)C)s2)n1. The zero-order valence-electron chi connectivity index (χ0n) is 20.4. The van der Waals surface area contributed by atoms with Crippen LogP contribution < -0.4 is 10.6 Å². The normalized spacial score (nSPS) is 11.9. The highest BCUT2D eigenvalue weighted by atomic mass is 32.1. The van der Waals surface area contributed by atoms with E-state index in [1.54, 1.807) is 23.7 Å². The highest BCUT2D eigenvalue weighted by molar-refractivity contribution is 7.18. The van der Waals surface area contributed by atoms with Gasteiger partial charge in [-0.3, -0.25) is 13.9 Å². The van der Waals surface area contributed by atoms with E-state index in [0.717, 1.165) is 39.6 Å². The van der Waals surface area contributed by atoms with Crippen molar-refractivity contribution in [3.63, 3.8) is 0 Å². The zero-order valence-corrected chi connectivity index (χ0v) is 21.2. The van der Waals surface area contributed by atoms with Gasteiger partial charge in [0.25, 0.3) is 5.91 Å². The number of imidazole rings is 1. The first-order chi connectivity index (χ1) is 16.3. The van der Waals surface area contributed by atoms with E-state index in [4.69, 9.17) is 4.98 Å². The molecule has 0 aliphatic carbocycles. The second kappa shape index (κ2) is 9.78. The second-order valence-electron chi connectivity index (χ2n) is 8.26. The summed E-state index contributed by atoms with van der Waals surface area (Å²) in [5.74, 6) is 0.623. The molecule has 0 aromatic carbocycles. The van der Waals surface area contributed by atoms with E-state index in [-0.39, 0.29) is 5.91 Å². The van der Waals surface area contributed by atoms with Crippen LogP contribution >= 0.6 is 11.3 Å². The lowest BCUT2D eigenvalue weighted by molar-refractivity contribution is 0.0831. The maximum atomic E-state index is 12.5. The molecule has 4 rings (SSSR count). The van der Waals surface area contributed by atoms with E-state index in [0.29, 0.717) is 22.9 Å². The summed E-state index contributed by atoms with van der Waals surface area (Å²) in [5.41, 5.74) is 5.47. The average molecular weight is 479 g/mol. The van der Waals surface area contributed by atoms with Gasteiger partial charge in [-0.25, -0.2) is 9.97 Å². The summed E-state index contributed by atoms with van der Waals surface area (Å²) in [4.78, 5) is 24.5. The predicted molar refractivity (Wildman–Crippen MR) is 138 cm³/mol. The molecule has 0 bridgehead atoms. The van der Waals surface area contributed by atoms with Crippen molar-refractivity contribution in [1.82, 2.24) is 34.4 Å². The smallest absolute Gasteiger partial charge is 0.263 e. The lowest BCUT2D eigenvalue weighted by Gasteiger charge is -2.12. The number of likely N-dealkylation sites (N-methyl/N-ethyl adjacent to an activating group) is 1. The van der Waals surface area contributed by atoms with Gasteiger partial charge in [0.05, 0.1) is 33.7 Å². The number of thiophene rings is 1. The molecular weight excluding hydrogens is 448 g/mol. The third-order valence-corrected chi connectivity index (χ3v) is 6.64. The minimum Gasteiger partial charge on any atom is -0.344 e. The molecule has 0 spiro atoms. The number of aryl methyl sites for hydroxylation is 2. The van der Waals surface area contributed by atoms with Gasteiger partial charge in [-0.2, -0.15) is 5.10 Å². The van der Waals surface area contributed by atoms with Crippen LogP contribution in [0.5, 0.6) is 0 Å². The zero-order chi connectivity index (χ0) is 24.4. The van der Waals surface area contributed by atoms with Crippen molar-refractivity contribution in [2.75, 3.05) is 32.5 Å². The molecule has 9 nitrogen and oxygen atoms in total. The summed E-state index contributed by atoms with van der Waals surface area (Å²) in [6, 6.07) is 1.98. The number of carbonyl (C=O) groups excluding carboxylic acids is 1. The third kappa shape index (κ3) is 4.59. The summed E-state index contributed by atoms with van der Waals surface area (Å²) in [7, 11) is 5.42. The topological polar surface area (TPSA) is 92.4 Å². The van der Waals surface area contributed by atoms with Gasteiger partial charge in [-0.15, -0.1) is 11.3 Å². The molecule has 0 fully saturated rings. The van der Waals surface area contributed by atoms with Crippen molar-refractivity contribution < 1.29 is 4.79 Å². The van der Waals surface area contributed by atoms with Crippen LogP contribution in [0.1, 0.15) is 34.8 Å². The summed E-state index contributed by atoms with van der Waals surface area (Å²) in [6.07, 6.45) is 9.72. The van der Waals surface area contributed by atoms with Crippen molar-refractivity contribution >= 4 is 39.3 Å². The van der Waals surface area contributed by atoms with E-state index < -0.39 is 0 Å².